The molecule has 2 saturated heterocycles. The van der Waals surface area contributed by atoms with Gasteiger partial charge < -0.3 is 30.1 Å². The molecule has 0 bridgehead atoms. The molecule has 2 heterocycles. The number of methoxy groups -OCH3 is 2. The Morgan fingerprint density at radius 2 is 1.52 bits per heavy atom. The zero-order chi connectivity index (χ0) is 30.9. The first-order chi connectivity index (χ1) is 21.5. The van der Waals surface area contributed by atoms with Gasteiger partial charge in [0, 0.05) is 30.6 Å². The van der Waals surface area contributed by atoms with Crippen molar-refractivity contribution in [2.45, 2.75) is 61.4 Å². The Bertz CT molecular complexity index is 1320. The highest BCUT2D eigenvalue weighted by Crippen LogP contribution is 2.49. The Morgan fingerprint density at radius 3 is 2.11 bits per heavy atom. The minimum atomic E-state index is -0.908. The second-order valence-corrected chi connectivity index (χ2v) is 12.6. The van der Waals surface area contributed by atoms with Crippen LogP contribution in [0.15, 0.2) is 78.9 Å². The number of fused-ring (bicyclic) bond motifs is 1. The molecule has 3 aromatic carbocycles. The fourth-order valence-electron chi connectivity index (χ4n) is 6.58. The van der Waals surface area contributed by atoms with E-state index in [0.717, 1.165) is 66.0 Å². The van der Waals surface area contributed by atoms with Crippen LogP contribution < -0.4 is 20.1 Å². The van der Waals surface area contributed by atoms with Gasteiger partial charge in [0.1, 0.15) is 17.0 Å². The second kappa shape index (κ2) is 14.9. The summed E-state index contributed by atoms with van der Waals surface area (Å²) in [5.74, 6) is 2.36. The monoisotopic (exact) mass is 617 g/mol. The van der Waals surface area contributed by atoms with Gasteiger partial charge in [-0.05, 0) is 73.1 Å². The normalized spacial score (nSPS) is 19.4. The summed E-state index contributed by atoms with van der Waals surface area (Å²) in [5.41, 5.74) is 2.02. The second-order valence-electron chi connectivity index (χ2n) is 11.3. The summed E-state index contributed by atoms with van der Waals surface area (Å²) in [6, 6.07) is 26.1. The van der Waals surface area contributed by atoms with Gasteiger partial charge in [-0.25, -0.2) is 4.79 Å². The molecular formula is C35H43N3O5S. The summed E-state index contributed by atoms with van der Waals surface area (Å²) in [7, 11) is 3.31. The van der Waals surface area contributed by atoms with E-state index >= 15 is 0 Å². The van der Waals surface area contributed by atoms with Crippen molar-refractivity contribution in [3.8, 4) is 11.5 Å². The van der Waals surface area contributed by atoms with E-state index in [4.69, 9.17) is 14.6 Å². The highest BCUT2D eigenvalue weighted by molar-refractivity contribution is 8.00. The number of benzene rings is 3. The lowest BCUT2D eigenvalue weighted by Crippen LogP contribution is -2.53. The maximum Gasteiger partial charge on any atom is 0.319 e. The number of carbonyl (C=O) groups is 2. The lowest BCUT2D eigenvalue weighted by molar-refractivity contribution is -0.121. The van der Waals surface area contributed by atoms with Crippen LogP contribution in [-0.2, 0) is 10.3 Å². The maximum atomic E-state index is 14.2. The minimum Gasteiger partial charge on any atom is -0.497 e. The largest absolute Gasteiger partial charge is 0.497 e. The van der Waals surface area contributed by atoms with Crippen molar-refractivity contribution in [3.63, 3.8) is 0 Å². The molecule has 9 heteroatoms. The van der Waals surface area contributed by atoms with E-state index in [0.29, 0.717) is 13.0 Å². The Kier molecular flexibility index (Phi) is 10.7. The van der Waals surface area contributed by atoms with Crippen molar-refractivity contribution in [2.75, 3.05) is 33.1 Å². The van der Waals surface area contributed by atoms with Gasteiger partial charge in [-0.2, -0.15) is 11.8 Å². The lowest BCUT2D eigenvalue weighted by Gasteiger charge is -2.45. The molecule has 2 aliphatic heterocycles. The number of amides is 3. The zero-order valence-electron chi connectivity index (χ0n) is 25.5. The molecule has 3 unspecified atom stereocenters. The summed E-state index contributed by atoms with van der Waals surface area (Å²) in [6.45, 7) is 0.834. The molecule has 44 heavy (non-hydrogen) atoms. The quantitative estimate of drug-likeness (QED) is 0.121. The number of carbonyl (C=O) groups excluding carboxylic acids is 2. The third-order valence-corrected chi connectivity index (χ3v) is 10.2. The molecule has 3 amide bonds. The first-order valence-electron chi connectivity index (χ1n) is 15.5. The van der Waals surface area contributed by atoms with Crippen molar-refractivity contribution < 1.29 is 24.2 Å². The molecular weight excluding hydrogens is 574 g/mol. The molecule has 0 aliphatic carbocycles. The predicted octanol–water partition coefficient (Wildman–Crippen LogP) is 5.32. The van der Waals surface area contributed by atoms with Gasteiger partial charge in [0.25, 0.3) is 0 Å². The van der Waals surface area contributed by atoms with E-state index in [9.17, 15) is 9.59 Å². The first kappa shape index (κ1) is 31.7. The van der Waals surface area contributed by atoms with Crippen LogP contribution in [0.5, 0.6) is 11.5 Å². The smallest absolute Gasteiger partial charge is 0.319 e. The zero-order valence-corrected chi connectivity index (χ0v) is 26.4. The highest BCUT2D eigenvalue weighted by atomic mass is 32.2. The number of aliphatic hydroxyl groups is 1. The standard InChI is InChI=1S/C35H43N3O5S/c1-42-28-18-14-26(15-19-28)35(25-10-5-3-6-11-25,27-16-20-29(43-2)21-17-27)38-30-24-44-31(33(30)37-34(38)41)12-9-13-32(40)36-22-7-4-8-23-39/h3,5-6,10-11,14-21,30-31,33,39H,4,7-9,12-13,22-24H2,1-2H3,(H,36,40)(H,37,41). The van der Waals surface area contributed by atoms with Crippen LogP contribution in [0.4, 0.5) is 4.79 Å². The van der Waals surface area contributed by atoms with Gasteiger partial charge in [-0.1, -0.05) is 54.6 Å². The number of rotatable bonds is 15. The number of nitrogens with one attached hydrogen (secondary N) is 2. The molecule has 3 aromatic rings. The SMILES string of the molecule is COc1ccc(C(c2ccccc2)(c2ccc(OC)cc2)N2C(=O)NC3C(CCCC(=O)NCCCCCO)SCC32)cc1. The Balaban J connectivity index is 1.43. The molecule has 2 fully saturated rings. The molecule has 8 nitrogen and oxygen atoms in total. The van der Waals surface area contributed by atoms with Gasteiger partial charge in [-0.15, -0.1) is 0 Å². The van der Waals surface area contributed by atoms with Crippen LogP contribution in [0.1, 0.15) is 55.2 Å². The van der Waals surface area contributed by atoms with E-state index < -0.39 is 5.54 Å². The van der Waals surface area contributed by atoms with Crippen molar-refractivity contribution >= 4 is 23.7 Å². The number of ether oxygens (including phenoxy) is 2. The number of unbranched alkanes of at least 4 members (excludes halogenated alkanes) is 2. The summed E-state index contributed by atoms with van der Waals surface area (Å²) >= 11 is 1.88. The van der Waals surface area contributed by atoms with Crippen molar-refractivity contribution in [1.82, 2.24) is 15.5 Å². The molecule has 5 rings (SSSR count). The summed E-state index contributed by atoms with van der Waals surface area (Å²) in [4.78, 5) is 28.7. The lowest BCUT2D eigenvalue weighted by atomic mass is 9.74. The molecule has 0 aromatic heterocycles. The Morgan fingerprint density at radius 1 is 0.909 bits per heavy atom. The van der Waals surface area contributed by atoms with Gasteiger partial charge in [0.2, 0.25) is 5.91 Å². The predicted molar refractivity (Wildman–Crippen MR) is 174 cm³/mol. The summed E-state index contributed by atoms with van der Waals surface area (Å²) < 4.78 is 11.0. The van der Waals surface area contributed by atoms with E-state index in [-0.39, 0.29) is 35.9 Å². The number of urea groups is 1. The van der Waals surface area contributed by atoms with E-state index in [1.165, 1.54) is 0 Å². The molecule has 0 radical (unpaired) electrons. The molecule has 3 atom stereocenters. The molecule has 3 N–H and O–H groups in total. The number of nitrogens with zero attached hydrogens (tertiary/aromatic N) is 1. The van der Waals surface area contributed by atoms with Gasteiger partial charge in [0.05, 0.1) is 26.3 Å². The van der Waals surface area contributed by atoms with Crippen LogP contribution in [0.3, 0.4) is 0 Å². The number of hydrogen-bond donors (Lipinski definition) is 3. The fraction of sp³-hybridized carbons (Fsp3) is 0.429. The van der Waals surface area contributed by atoms with E-state index in [1.807, 2.05) is 54.2 Å². The Labute approximate surface area is 264 Å². The molecule has 0 spiro atoms. The number of hydrogen-bond acceptors (Lipinski definition) is 6. The van der Waals surface area contributed by atoms with Crippen LogP contribution in [0.25, 0.3) is 0 Å². The first-order valence-corrected chi connectivity index (χ1v) is 16.5. The van der Waals surface area contributed by atoms with Gasteiger partial charge in [-0.3, -0.25) is 4.79 Å². The van der Waals surface area contributed by atoms with Gasteiger partial charge >= 0.3 is 6.03 Å². The van der Waals surface area contributed by atoms with E-state index in [2.05, 4.69) is 51.9 Å². The van der Waals surface area contributed by atoms with Crippen LogP contribution in [-0.4, -0.2) is 72.4 Å². The summed E-state index contributed by atoms with van der Waals surface area (Å²) in [5, 5.41) is 15.5. The third kappa shape index (κ3) is 6.54. The van der Waals surface area contributed by atoms with Gasteiger partial charge in [0.15, 0.2) is 0 Å². The Hall–Kier alpha value is -3.69. The summed E-state index contributed by atoms with van der Waals surface area (Å²) in [6.07, 6.45) is 4.63. The minimum absolute atomic E-state index is 0.0337. The van der Waals surface area contributed by atoms with Crippen molar-refractivity contribution in [3.05, 3.63) is 95.6 Å². The van der Waals surface area contributed by atoms with Crippen molar-refractivity contribution in [1.29, 1.82) is 0 Å². The average Bonchev–Trinajstić information content (AvgIpc) is 3.60. The van der Waals surface area contributed by atoms with E-state index in [1.54, 1.807) is 14.2 Å². The van der Waals surface area contributed by atoms with Crippen LogP contribution in [0.2, 0.25) is 0 Å². The van der Waals surface area contributed by atoms with Crippen LogP contribution in [0, 0.1) is 0 Å². The van der Waals surface area contributed by atoms with Crippen molar-refractivity contribution in [2.24, 2.45) is 0 Å². The molecule has 0 saturated carbocycles. The molecule has 234 valence electrons. The third-order valence-electron chi connectivity index (χ3n) is 8.75. The maximum absolute atomic E-state index is 14.2. The highest BCUT2D eigenvalue weighted by Gasteiger charge is 2.57. The average molecular weight is 618 g/mol. The molecule has 2 aliphatic rings. The fourth-order valence-corrected chi connectivity index (χ4v) is 8.17. The number of thioether (sulfide) groups is 1. The topological polar surface area (TPSA) is 100 Å². The number of aliphatic hydroxyl groups excluding tert-OH is 1. The van der Waals surface area contributed by atoms with Crippen LogP contribution >= 0.6 is 11.8 Å².